The highest BCUT2D eigenvalue weighted by molar-refractivity contribution is 6.17. The number of fused-ring (bicyclic) bond motifs is 31. The smallest absolute Gasteiger partial charge is 0.151 e. The van der Waals surface area contributed by atoms with E-state index in [-0.39, 0.29) is 0 Å². The maximum absolute atomic E-state index is 7.69. The lowest BCUT2D eigenvalue weighted by molar-refractivity contribution is 0.447. The molecule has 4 heterocycles. The highest BCUT2D eigenvalue weighted by atomic mass is 16.5. The van der Waals surface area contributed by atoms with E-state index in [1.54, 1.807) is 0 Å². The van der Waals surface area contributed by atoms with Gasteiger partial charge in [0.2, 0.25) is 0 Å². The highest BCUT2D eigenvalue weighted by Crippen LogP contribution is 2.68. The van der Waals surface area contributed by atoms with Gasteiger partial charge < -0.3 is 23.7 Å². The fourth-order valence-corrected chi connectivity index (χ4v) is 18.7. The number of benzene rings is 17. The summed E-state index contributed by atoms with van der Waals surface area (Å²) in [5.74, 6) is 5.23. The molecule has 3 aliphatic heterocycles. The van der Waals surface area contributed by atoms with Crippen molar-refractivity contribution in [3.05, 3.63) is 384 Å². The zero-order chi connectivity index (χ0) is 65.8. The normalized spacial score (nSPS) is 15.1. The summed E-state index contributed by atoms with van der Waals surface area (Å²) in [6.07, 6.45) is 0. The average Bonchev–Trinajstić information content (AvgIpc) is 1.58. The fraction of sp³-hybridized carbons (Fsp3) is 0.0208. The molecule has 0 N–H and O–H groups in total. The van der Waals surface area contributed by atoms with Crippen LogP contribution in [-0.4, -0.2) is 4.57 Å². The van der Waals surface area contributed by atoms with Gasteiger partial charge in [-0.15, -0.1) is 0 Å². The number of rotatable bonds is 4. The van der Waals surface area contributed by atoms with Gasteiger partial charge in [-0.25, -0.2) is 0 Å². The minimum absolute atomic E-state index is 0.613. The maximum atomic E-state index is 7.69. The Morgan fingerprint density at radius 1 is 0.238 bits per heavy atom. The molecule has 1 unspecified atom stereocenters. The van der Waals surface area contributed by atoms with Crippen LogP contribution in [0.25, 0.3) is 115 Å². The van der Waals surface area contributed by atoms with Gasteiger partial charge in [-0.2, -0.15) is 0 Å². The molecule has 2 spiro atoms. The SMILES string of the molecule is c1ccc2c(c1)Oc1ccccc1N2c1cccc2c1-c1ccccc1C21c2ccc3ccccc3c2Oc2c1ccc1ccc(-c3cccc4c3c3ccccc3n4-c3ccc(-c4ccc5c(c4)-c4ccccc4C54c5ccc6ccccc6c5Oc5c4ccc4ccccc54)cc3)cc21. The van der Waals surface area contributed by atoms with E-state index in [0.29, 0.717) is 0 Å². The number of anilines is 3. The number of nitrogens with zero attached hydrogens (tertiary/aromatic N) is 2. The predicted molar refractivity (Wildman–Crippen MR) is 411 cm³/mol. The molecule has 5 aliphatic rings. The van der Waals surface area contributed by atoms with Gasteiger partial charge in [0.1, 0.15) is 23.0 Å². The van der Waals surface area contributed by atoms with Gasteiger partial charge in [0.15, 0.2) is 11.5 Å². The van der Waals surface area contributed by atoms with Crippen molar-refractivity contribution in [2.75, 3.05) is 4.90 Å². The van der Waals surface area contributed by atoms with Gasteiger partial charge in [-0.05, 0) is 149 Å². The third-order valence-corrected chi connectivity index (χ3v) is 22.9. The molecule has 17 aromatic carbocycles. The van der Waals surface area contributed by atoms with Crippen molar-refractivity contribution in [2.24, 2.45) is 0 Å². The molecule has 101 heavy (non-hydrogen) atoms. The molecular weight excluding hydrogens is 1230 g/mol. The minimum Gasteiger partial charge on any atom is -0.455 e. The van der Waals surface area contributed by atoms with Crippen LogP contribution < -0.4 is 19.1 Å². The number of para-hydroxylation sites is 5. The first-order valence-corrected chi connectivity index (χ1v) is 34.9. The lowest BCUT2D eigenvalue weighted by Gasteiger charge is -2.40. The molecular formula is C96H56N2O3. The van der Waals surface area contributed by atoms with Gasteiger partial charge in [-0.1, -0.05) is 273 Å². The van der Waals surface area contributed by atoms with Crippen LogP contribution in [0.3, 0.4) is 0 Å². The first-order valence-electron chi connectivity index (χ1n) is 34.9. The Labute approximate surface area is 581 Å². The van der Waals surface area contributed by atoms with Crippen molar-refractivity contribution in [1.29, 1.82) is 0 Å². The van der Waals surface area contributed by atoms with E-state index in [9.17, 15) is 0 Å². The standard InChI is InChI=1S/C96H56N2O3/c1-4-22-66-58(19-1)43-51-78-91(66)100-92-67-23-5-2-20-59(67)44-52-79(92)95(78)74-29-10-7-25-69(74)73-55-62(47-50-76(73)95)57-41-48-64(49-42-57)97-82-32-12-9-27-71(82)89-65(28-17-35-85(89)97)63-40-39-61-46-54-81-94(72(61)56-63)101-93-68-24-6-3-21-60(68)45-53-80(93)96(81)75-30-11-8-26-70(75)90-77(96)31-18-36-86(90)98-83-33-13-15-37-87(83)99-88-38-16-14-34-84(88)98/h1-56H. The van der Waals surface area contributed by atoms with Crippen LogP contribution in [0.5, 0.6) is 34.5 Å². The average molecular weight is 1290 g/mol. The summed E-state index contributed by atoms with van der Waals surface area (Å²) in [4.78, 5) is 2.40. The summed E-state index contributed by atoms with van der Waals surface area (Å²) < 4.78 is 24.0. The van der Waals surface area contributed by atoms with Gasteiger partial charge in [0.25, 0.3) is 0 Å². The van der Waals surface area contributed by atoms with Crippen LogP contribution in [0.1, 0.15) is 44.5 Å². The summed E-state index contributed by atoms with van der Waals surface area (Å²) in [6, 6.07) is 125. The monoisotopic (exact) mass is 1280 g/mol. The van der Waals surface area contributed by atoms with Crippen LogP contribution in [0.4, 0.5) is 17.1 Å². The summed E-state index contributed by atoms with van der Waals surface area (Å²) in [7, 11) is 0. The van der Waals surface area contributed by atoms with Gasteiger partial charge in [-0.3, -0.25) is 0 Å². The van der Waals surface area contributed by atoms with Crippen molar-refractivity contribution in [2.45, 2.75) is 10.8 Å². The molecule has 0 amide bonds. The number of hydrogen-bond acceptors (Lipinski definition) is 4. The van der Waals surface area contributed by atoms with E-state index < -0.39 is 10.8 Å². The zero-order valence-electron chi connectivity index (χ0n) is 54.5. The first kappa shape index (κ1) is 54.9. The molecule has 0 saturated heterocycles. The molecule has 18 aromatic rings. The number of aromatic nitrogens is 1. The van der Waals surface area contributed by atoms with E-state index in [2.05, 4.69) is 349 Å². The van der Waals surface area contributed by atoms with Crippen LogP contribution in [0.2, 0.25) is 0 Å². The van der Waals surface area contributed by atoms with Crippen molar-refractivity contribution < 1.29 is 14.2 Å². The van der Waals surface area contributed by atoms with E-state index >= 15 is 0 Å². The second-order valence-corrected chi connectivity index (χ2v) is 27.6. The topological polar surface area (TPSA) is 35.9 Å². The quantitative estimate of drug-likeness (QED) is 0.176. The Morgan fingerprint density at radius 2 is 0.663 bits per heavy atom. The summed E-state index contributed by atoms with van der Waals surface area (Å²) in [5.41, 5.74) is 24.1. The van der Waals surface area contributed by atoms with Gasteiger partial charge >= 0.3 is 0 Å². The Hall–Kier alpha value is -13.2. The molecule has 0 saturated carbocycles. The highest BCUT2D eigenvalue weighted by Gasteiger charge is 2.54. The van der Waals surface area contributed by atoms with Crippen molar-refractivity contribution in [1.82, 2.24) is 4.57 Å². The third-order valence-electron chi connectivity index (χ3n) is 22.9. The lowest BCUT2D eigenvalue weighted by atomic mass is 9.65. The van der Waals surface area contributed by atoms with Crippen LogP contribution in [0.15, 0.2) is 340 Å². The summed E-state index contributed by atoms with van der Waals surface area (Å²) >= 11 is 0. The van der Waals surface area contributed by atoms with Crippen molar-refractivity contribution in [3.63, 3.8) is 0 Å². The molecule has 5 heteroatoms. The lowest BCUT2D eigenvalue weighted by Crippen LogP contribution is -2.32. The molecule has 0 fully saturated rings. The van der Waals surface area contributed by atoms with Crippen molar-refractivity contribution in [3.8, 4) is 84.7 Å². The number of hydrogen-bond donors (Lipinski definition) is 0. The molecule has 0 radical (unpaired) electrons. The third kappa shape index (κ3) is 7.18. The molecule has 1 aromatic heterocycles. The maximum Gasteiger partial charge on any atom is 0.151 e. The molecule has 1 atom stereocenters. The zero-order valence-corrected chi connectivity index (χ0v) is 54.5. The Kier molecular flexibility index (Phi) is 11.0. The second kappa shape index (κ2) is 20.2. The van der Waals surface area contributed by atoms with E-state index in [4.69, 9.17) is 14.2 Å². The van der Waals surface area contributed by atoms with Crippen molar-refractivity contribution >= 4 is 82.0 Å². The second-order valence-electron chi connectivity index (χ2n) is 27.6. The van der Waals surface area contributed by atoms with E-state index in [1.165, 1.54) is 66.4 Å². The Morgan fingerprint density at radius 3 is 1.31 bits per heavy atom. The van der Waals surface area contributed by atoms with Gasteiger partial charge in [0, 0.05) is 65.8 Å². The van der Waals surface area contributed by atoms with E-state index in [0.717, 1.165) is 145 Å². The molecule has 468 valence electrons. The van der Waals surface area contributed by atoms with E-state index in [1.807, 2.05) is 0 Å². The molecule has 5 nitrogen and oxygen atoms in total. The van der Waals surface area contributed by atoms with Crippen LogP contribution in [0, 0.1) is 0 Å². The molecule has 0 bridgehead atoms. The number of ether oxygens (including phenoxy) is 3. The Balaban J connectivity index is 0.671. The van der Waals surface area contributed by atoms with Gasteiger partial charge in [0.05, 0.1) is 38.9 Å². The summed E-state index contributed by atoms with van der Waals surface area (Å²) in [6.45, 7) is 0. The van der Waals surface area contributed by atoms with Crippen LogP contribution in [-0.2, 0) is 10.8 Å². The minimum atomic E-state index is -0.765. The predicted octanol–water partition coefficient (Wildman–Crippen LogP) is 25.2. The molecule has 23 rings (SSSR count). The summed E-state index contributed by atoms with van der Waals surface area (Å²) in [5, 5.41) is 11.3. The largest absolute Gasteiger partial charge is 0.455 e. The Bertz CT molecular complexity index is 6580. The molecule has 2 aliphatic carbocycles. The fourth-order valence-electron chi connectivity index (χ4n) is 18.7. The first-order chi connectivity index (χ1) is 50.1. The van der Waals surface area contributed by atoms with Crippen LogP contribution >= 0.6 is 0 Å².